The molecule has 3 heterocycles. The molecule has 0 saturated carbocycles. The molecule has 108 valence electrons. The average Bonchev–Trinajstić information content (AvgIpc) is 3.08. The van der Waals surface area contributed by atoms with Gasteiger partial charge in [-0.15, -0.1) is 11.3 Å². The summed E-state index contributed by atoms with van der Waals surface area (Å²) in [5, 5.41) is 10.5. The molecule has 1 fully saturated rings. The van der Waals surface area contributed by atoms with E-state index in [1.807, 2.05) is 12.3 Å². The molecule has 20 heavy (non-hydrogen) atoms. The van der Waals surface area contributed by atoms with E-state index in [1.165, 1.54) is 0 Å². The van der Waals surface area contributed by atoms with Crippen LogP contribution in [0.5, 0.6) is 0 Å². The normalized spacial score (nSPS) is 17.6. The Balaban J connectivity index is 1.85. The Morgan fingerprint density at radius 2 is 2.05 bits per heavy atom. The van der Waals surface area contributed by atoms with Crippen LogP contribution in [0.4, 0.5) is 0 Å². The number of thiazole rings is 1. The van der Waals surface area contributed by atoms with Gasteiger partial charge in [0, 0.05) is 31.6 Å². The second-order valence-electron chi connectivity index (χ2n) is 5.47. The lowest BCUT2D eigenvalue weighted by Crippen LogP contribution is -2.52. The zero-order chi connectivity index (χ0) is 14.2. The van der Waals surface area contributed by atoms with Gasteiger partial charge in [0.1, 0.15) is 5.69 Å². The van der Waals surface area contributed by atoms with Crippen molar-refractivity contribution in [3.8, 4) is 11.6 Å². The Bertz CT molecular complexity index is 585. The van der Waals surface area contributed by atoms with Crippen LogP contribution in [0.1, 0.15) is 24.7 Å². The van der Waals surface area contributed by atoms with Crippen LogP contribution in [0.15, 0.2) is 9.90 Å². The molecule has 0 unspecified atom stereocenters. The summed E-state index contributed by atoms with van der Waals surface area (Å²) < 4.78 is 5.38. The summed E-state index contributed by atoms with van der Waals surface area (Å²) in [6.07, 6.45) is 0. The number of rotatable bonds is 3. The monoisotopic (exact) mass is 293 g/mol. The number of nitrogens with zero attached hydrogens (tertiary/aromatic N) is 4. The number of aromatic nitrogens is 3. The average molecular weight is 293 g/mol. The van der Waals surface area contributed by atoms with Gasteiger partial charge in [-0.2, -0.15) is 4.98 Å². The number of hydrogen-bond donors (Lipinski definition) is 1. The first kappa shape index (κ1) is 13.7. The van der Waals surface area contributed by atoms with Crippen LogP contribution in [-0.4, -0.2) is 46.2 Å². The third-order valence-electron chi connectivity index (χ3n) is 3.72. The summed E-state index contributed by atoms with van der Waals surface area (Å²) in [5.74, 6) is 1.23. The van der Waals surface area contributed by atoms with E-state index in [-0.39, 0.29) is 5.54 Å². The van der Waals surface area contributed by atoms with Crippen molar-refractivity contribution in [2.24, 2.45) is 0 Å². The van der Waals surface area contributed by atoms with E-state index in [1.54, 1.807) is 11.3 Å². The Morgan fingerprint density at radius 1 is 1.30 bits per heavy atom. The van der Waals surface area contributed by atoms with Crippen molar-refractivity contribution in [3.05, 3.63) is 16.2 Å². The smallest absolute Gasteiger partial charge is 0.277 e. The fraction of sp³-hybridized carbons (Fsp3) is 0.615. The first-order valence-electron chi connectivity index (χ1n) is 6.80. The highest BCUT2D eigenvalue weighted by Gasteiger charge is 2.34. The first-order valence-corrected chi connectivity index (χ1v) is 7.68. The third kappa shape index (κ3) is 2.48. The highest BCUT2D eigenvalue weighted by molar-refractivity contribution is 7.09. The zero-order valence-electron chi connectivity index (χ0n) is 12.0. The standard InChI is InChI=1S/C13H19N5OS/c1-9-15-10(8-20-9)11-16-12(17-19-11)13(2,3)18-6-4-14-5-7-18/h8,14H,4-7H2,1-3H3. The zero-order valence-corrected chi connectivity index (χ0v) is 12.8. The molecule has 0 radical (unpaired) electrons. The van der Waals surface area contributed by atoms with Crippen molar-refractivity contribution in [2.45, 2.75) is 26.3 Å². The predicted octanol–water partition coefficient (Wildman–Crippen LogP) is 1.64. The molecule has 6 nitrogen and oxygen atoms in total. The summed E-state index contributed by atoms with van der Waals surface area (Å²) in [5.41, 5.74) is 0.539. The second kappa shape index (κ2) is 5.23. The van der Waals surface area contributed by atoms with Crippen molar-refractivity contribution in [2.75, 3.05) is 26.2 Å². The van der Waals surface area contributed by atoms with Crippen LogP contribution in [-0.2, 0) is 5.54 Å². The van der Waals surface area contributed by atoms with E-state index >= 15 is 0 Å². The topological polar surface area (TPSA) is 67.1 Å². The highest BCUT2D eigenvalue weighted by atomic mass is 32.1. The van der Waals surface area contributed by atoms with Gasteiger partial charge in [-0.05, 0) is 20.8 Å². The van der Waals surface area contributed by atoms with E-state index in [2.05, 4.69) is 39.2 Å². The van der Waals surface area contributed by atoms with Gasteiger partial charge >= 0.3 is 0 Å². The molecule has 2 aromatic rings. The molecule has 0 spiro atoms. The highest BCUT2D eigenvalue weighted by Crippen LogP contribution is 2.28. The quantitative estimate of drug-likeness (QED) is 0.928. The fourth-order valence-electron chi connectivity index (χ4n) is 2.40. The van der Waals surface area contributed by atoms with Crippen molar-refractivity contribution >= 4 is 11.3 Å². The van der Waals surface area contributed by atoms with Crippen LogP contribution < -0.4 is 5.32 Å². The van der Waals surface area contributed by atoms with E-state index in [0.717, 1.165) is 42.7 Å². The van der Waals surface area contributed by atoms with Crippen LogP contribution in [0.2, 0.25) is 0 Å². The maximum absolute atomic E-state index is 5.38. The molecule has 0 aromatic carbocycles. The minimum absolute atomic E-state index is 0.227. The van der Waals surface area contributed by atoms with Gasteiger partial charge in [-0.25, -0.2) is 4.98 Å². The number of hydrogen-bond acceptors (Lipinski definition) is 7. The number of aryl methyl sites for hydroxylation is 1. The molecular weight excluding hydrogens is 274 g/mol. The molecule has 1 saturated heterocycles. The van der Waals surface area contributed by atoms with Gasteiger partial charge in [-0.1, -0.05) is 5.16 Å². The van der Waals surface area contributed by atoms with E-state index < -0.39 is 0 Å². The maximum atomic E-state index is 5.38. The lowest BCUT2D eigenvalue weighted by Gasteiger charge is -2.38. The third-order valence-corrected chi connectivity index (χ3v) is 4.49. The lowest BCUT2D eigenvalue weighted by atomic mass is 10.0. The molecule has 0 atom stereocenters. The van der Waals surface area contributed by atoms with Crippen molar-refractivity contribution in [3.63, 3.8) is 0 Å². The second-order valence-corrected chi connectivity index (χ2v) is 6.53. The predicted molar refractivity (Wildman–Crippen MR) is 77.6 cm³/mol. The maximum Gasteiger partial charge on any atom is 0.277 e. The first-order chi connectivity index (χ1) is 9.57. The van der Waals surface area contributed by atoms with Crippen molar-refractivity contribution in [1.29, 1.82) is 0 Å². The van der Waals surface area contributed by atoms with Crippen LogP contribution in [0, 0.1) is 6.92 Å². The van der Waals surface area contributed by atoms with Gasteiger partial charge in [0.05, 0.1) is 10.5 Å². The lowest BCUT2D eigenvalue weighted by molar-refractivity contribution is 0.0925. The Kier molecular flexibility index (Phi) is 3.57. The van der Waals surface area contributed by atoms with Gasteiger partial charge in [-0.3, -0.25) is 4.90 Å². The molecular formula is C13H19N5OS. The number of nitrogens with one attached hydrogen (secondary N) is 1. The molecule has 1 N–H and O–H groups in total. The van der Waals surface area contributed by atoms with Crippen molar-refractivity contribution < 1.29 is 4.52 Å². The molecule has 1 aliphatic rings. The molecule has 0 aliphatic carbocycles. The summed E-state index contributed by atoms with van der Waals surface area (Å²) >= 11 is 1.59. The Labute approximate surface area is 122 Å². The Hall–Kier alpha value is -1.31. The Morgan fingerprint density at radius 3 is 2.70 bits per heavy atom. The molecule has 3 rings (SSSR count). The SMILES string of the molecule is Cc1nc(-c2nc(C(C)(C)N3CCNCC3)no2)cs1. The summed E-state index contributed by atoms with van der Waals surface area (Å²) in [7, 11) is 0. The van der Waals surface area contributed by atoms with Crippen LogP contribution in [0.25, 0.3) is 11.6 Å². The fourth-order valence-corrected chi connectivity index (χ4v) is 2.99. The molecule has 0 amide bonds. The van der Waals surface area contributed by atoms with Gasteiger partial charge < -0.3 is 9.84 Å². The molecule has 1 aliphatic heterocycles. The summed E-state index contributed by atoms with van der Waals surface area (Å²) in [6.45, 7) is 10.2. The molecule has 2 aromatic heterocycles. The van der Waals surface area contributed by atoms with E-state index in [0.29, 0.717) is 5.89 Å². The van der Waals surface area contributed by atoms with Crippen molar-refractivity contribution in [1.82, 2.24) is 25.3 Å². The summed E-state index contributed by atoms with van der Waals surface area (Å²) in [4.78, 5) is 11.3. The summed E-state index contributed by atoms with van der Waals surface area (Å²) in [6, 6.07) is 0. The minimum atomic E-state index is -0.227. The molecule has 0 bridgehead atoms. The largest absolute Gasteiger partial charge is 0.332 e. The van der Waals surface area contributed by atoms with E-state index in [9.17, 15) is 0 Å². The van der Waals surface area contributed by atoms with Crippen LogP contribution in [0.3, 0.4) is 0 Å². The van der Waals surface area contributed by atoms with Gasteiger partial charge in [0.15, 0.2) is 5.82 Å². The molecule has 7 heteroatoms. The van der Waals surface area contributed by atoms with Gasteiger partial charge in [0.2, 0.25) is 0 Å². The van der Waals surface area contributed by atoms with Crippen LogP contribution >= 0.6 is 11.3 Å². The number of piperazine rings is 1. The van der Waals surface area contributed by atoms with E-state index in [4.69, 9.17) is 4.52 Å². The minimum Gasteiger partial charge on any atom is -0.332 e. The van der Waals surface area contributed by atoms with Gasteiger partial charge in [0.25, 0.3) is 5.89 Å².